The molecule has 1 aliphatic heterocycles. The molecule has 4 rings (SSSR count). The van der Waals surface area contributed by atoms with E-state index in [1.807, 2.05) is 25.1 Å². The van der Waals surface area contributed by atoms with Crippen molar-refractivity contribution in [2.75, 3.05) is 24.5 Å². The number of hydrogen-bond donors (Lipinski definition) is 2. The average Bonchev–Trinajstić information content (AvgIpc) is 3.17. The van der Waals surface area contributed by atoms with Gasteiger partial charge in [0.15, 0.2) is 0 Å². The van der Waals surface area contributed by atoms with Crippen LogP contribution in [0, 0.1) is 6.92 Å². The molecule has 208 valence electrons. The maximum absolute atomic E-state index is 13.8. The third-order valence-corrected chi connectivity index (χ3v) is 7.71. The zero-order valence-electron chi connectivity index (χ0n) is 21.7. The fraction of sp³-hybridized carbons (Fsp3) is 0.414. The largest absolute Gasteiger partial charge is 0.481 e. The Balaban J connectivity index is 1.70. The molecule has 2 heterocycles. The van der Waals surface area contributed by atoms with Crippen molar-refractivity contribution in [3.63, 3.8) is 0 Å². The number of nitrogens with one attached hydrogen (secondary N) is 1. The van der Waals surface area contributed by atoms with Crippen LogP contribution in [0.15, 0.2) is 46.9 Å². The van der Waals surface area contributed by atoms with Crippen LogP contribution in [0.2, 0.25) is 0 Å². The van der Waals surface area contributed by atoms with Gasteiger partial charge in [-0.3, -0.25) is 9.59 Å². The molecule has 0 unspecified atom stereocenters. The van der Waals surface area contributed by atoms with Crippen molar-refractivity contribution in [1.29, 1.82) is 0 Å². The molecule has 0 aliphatic carbocycles. The van der Waals surface area contributed by atoms with Gasteiger partial charge in [-0.05, 0) is 56.0 Å². The molecule has 39 heavy (non-hydrogen) atoms. The van der Waals surface area contributed by atoms with Gasteiger partial charge in [0.05, 0.1) is 16.6 Å². The molecule has 1 atom stereocenters. The Hall–Kier alpha value is -3.14. The number of carbonyl (C=O) groups excluding carboxylic acids is 1. The number of amides is 1. The van der Waals surface area contributed by atoms with Crippen LogP contribution >= 0.6 is 15.9 Å². The van der Waals surface area contributed by atoms with E-state index in [2.05, 4.69) is 26.1 Å². The number of pyridine rings is 1. The summed E-state index contributed by atoms with van der Waals surface area (Å²) in [5.41, 5.74) is 0.917. The number of rotatable bonds is 8. The van der Waals surface area contributed by atoms with Crippen molar-refractivity contribution in [3.05, 3.63) is 69.2 Å². The number of carbonyl (C=O) groups is 2. The summed E-state index contributed by atoms with van der Waals surface area (Å²) in [4.78, 5) is 32.1. The van der Waals surface area contributed by atoms with E-state index in [4.69, 9.17) is 4.98 Å². The Morgan fingerprint density at radius 1 is 1.10 bits per heavy atom. The molecule has 3 aromatic rings. The molecule has 2 aromatic carbocycles. The lowest BCUT2D eigenvalue weighted by atomic mass is 9.89. The van der Waals surface area contributed by atoms with Crippen molar-refractivity contribution in [1.82, 2.24) is 10.3 Å². The Bertz CT molecular complexity index is 1350. The first-order chi connectivity index (χ1) is 18.6. The first-order valence-corrected chi connectivity index (χ1v) is 13.9. The first kappa shape index (κ1) is 28.9. The fourth-order valence-electron chi connectivity index (χ4n) is 5.28. The number of benzene rings is 2. The summed E-state index contributed by atoms with van der Waals surface area (Å²) in [7, 11) is 0. The van der Waals surface area contributed by atoms with Crippen LogP contribution in [-0.4, -0.2) is 41.6 Å². The summed E-state index contributed by atoms with van der Waals surface area (Å²) in [6.07, 6.45) is -0.634. The molecule has 0 saturated carbocycles. The van der Waals surface area contributed by atoms with Crippen LogP contribution in [0.5, 0.6) is 0 Å². The number of hydrogen-bond acceptors (Lipinski definition) is 4. The number of fused-ring (bicyclic) bond motifs is 1. The van der Waals surface area contributed by atoms with Crippen molar-refractivity contribution < 1.29 is 27.9 Å². The third kappa shape index (κ3) is 6.90. The standard InChI is InChI=1S/C29H31BrF3N3O3/c1-18-26(22-16-20(30)11-12-24(22)35-27(18)36-14-6-2-3-7-15-36)28(39)34-17-19(10-13-25(37)38)21-8-4-5-9-23(21)29(31,32)33/h4-5,8-9,11-12,16,19H,2-3,6-7,10,13-15,17H2,1H3,(H,34,39)(H,37,38)/t19-/m0/s1. The minimum absolute atomic E-state index is 0.0316. The molecule has 0 spiro atoms. The summed E-state index contributed by atoms with van der Waals surface area (Å²) in [6.45, 7) is 3.38. The lowest BCUT2D eigenvalue weighted by Gasteiger charge is -2.26. The SMILES string of the molecule is Cc1c(N2CCCCCC2)nc2ccc(Br)cc2c1C(=O)NC[C@H](CCC(=O)O)c1ccccc1C(F)(F)F. The van der Waals surface area contributed by atoms with Crippen LogP contribution in [-0.2, 0) is 11.0 Å². The molecular formula is C29H31BrF3N3O3. The molecule has 0 radical (unpaired) electrons. The van der Waals surface area contributed by atoms with Gasteiger partial charge in [-0.15, -0.1) is 0 Å². The highest BCUT2D eigenvalue weighted by molar-refractivity contribution is 9.10. The number of carboxylic acid groups (broad SMARTS) is 1. The number of halogens is 4. The van der Waals surface area contributed by atoms with Gasteiger partial charge in [-0.2, -0.15) is 13.2 Å². The van der Waals surface area contributed by atoms with E-state index in [1.54, 1.807) is 0 Å². The van der Waals surface area contributed by atoms with E-state index in [0.29, 0.717) is 22.0 Å². The second-order valence-electron chi connectivity index (χ2n) is 9.92. The highest BCUT2D eigenvalue weighted by Gasteiger charge is 2.35. The predicted octanol–water partition coefficient (Wildman–Crippen LogP) is 7.08. The zero-order valence-corrected chi connectivity index (χ0v) is 23.2. The zero-order chi connectivity index (χ0) is 28.2. The highest BCUT2D eigenvalue weighted by Crippen LogP contribution is 2.37. The van der Waals surface area contributed by atoms with Gasteiger partial charge in [0.2, 0.25) is 0 Å². The lowest BCUT2D eigenvalue weighted by Crippen LogP contribution is -2.32. The first-order valence-electron chi connectivity index (χ1n) is 13.1. The number of alkyl halides is 3. The number of aliphatic carboxylic acids is 1. The van der Waals surface area contributed by atoms with Crippen molar-refractivity contribution in [2.45, 2.75) is 57.5 Å². The third-order valence-electron chi connectivity index (χ3n) is 7.22. The Kier molecular flexibility index (Phi) is 9.15. The van der Waals surface area contributed by atoms with E-state index >= 15 is 0 Å². The van der Waals surface area contributed by atoms with Crippen LogP contribution in [0.25, 0.3) is 10.9 Å². The van der Waals surface area contributed by atoms with Gasteiger partial charge in [0.25, 0.3) is 5.91 Å². The maximum Gasteiger partial charge on any atom is 0.416 e. The molecule has 0 bridgehead atoms. The van der Waals surface area contributed by atoms with Crippen molar-refractivity contribution >= 4 is 44.5 Å². The molecule has 1 amide bonds. The van der Waals surface area contributed by atoms with Crippen LogP contribution in [0.4, 0.5) is 19.0 Å². The van der Waals surface area contributed by atoms with E-state index in [9.17, 15) is 27.9 Å². The molecule has 1 aromatic heterocycles. The van der Waals surface area contributed by atoms with Gasteiger partial charge < -0.3 is 15.3 Å². The quantitative estimate of drug-likeness (QED) is 0.286. The van der Waals surface area contributed by atoms with Crippen molar-refractivity contribution in [2.24, 2.45) is 0 Å². The Morgan fingerprint density at radius 3 is 2.46 bits per heavy atom. The summed E-state index contributed by atoms with van der Waals surface area (Å²) in [6, 6.07) is 10.6. The summed E-state index contributed by atoms with van der Waals surface area (Å²) >= 11 is 3.47. The number of nitrogens with zero attached hydrogens (tertiary/aromatic N) is 2. The Morgan fingerprint density at radius 2 is 1.79 bits per heavy atom. The Labute approximate surface area is 233 Å². The summed E-state index contributed by atoms with van der Waals surface area (Å²) in [5, 5.41) is 12.7. The summed E-state index contributed by atoms with van der Waals surface area (Å²) < 4.78 is 42.1. The maximum atomic E-state index is 13.8. The summed E-state index contributed by atoms with van der Waals surface area (Å²) in [5.74, 6) is -1.65. The molecular weight excluding hydrogens is 575 g/mol. The second kappa shape index (κ2) is 12.4. The van der Waals surface area contributed by atoms with Gasteiger partial charge in [0.1, 0.15) is 5.82 Å². The smallest absolute Gasteiger partial charge is 0.416 e. The van der Waals surface area contributed by atoms with Gasteiger partial charge >= 0.3 is 12.1 Å². The van der Waals surface area contributed by atoms with Crippen LogP contribution in [0.1, 0.15) is 71.5 Å². The van der Waals surface area contributed by atoms with E-state index in [1.165, 1.54) is 18.2 Å². The molecule has 1 aliphatic rings. The topological polar surface area (TPSA) is 82.5 Å². The van der Waals surface area contributed by atoms with Gasteiger partial charge in [-0.1, -0.05) is 47.0 Å². The fourth-order valence-corrected chi connectivity index (χ4v) is 5.64. The molecule has 2 N–H and O–H groups in total. The van der Waals surface area contributed by atoms with Crippen LogP contribution < -0.4 is 10.2 Å². The molecule has 10 heteroatoms. The van der Waals surface area contributed by atoms with Crippen molar-refractivity contribution in [3.8, 4) is 0 Å². The van der Waals surface area contributed by atoms with E-state index < -0.39 is 29.5 Å². The van der Waals surface area contributed by atoms with Gasteiger partial charge in [-0.25, -0.2) is 4.98 Å². The molecule has 6 nitrogen and oxygen atoms in total. The normalized spacial score (nSPS) is 15.2. The molecule has 1 saturated heterocycles. The second-order valence-corrected chi connectivity index (χ2v) is 10.8. The lowest BCUT2D eigenvalue weighted by molar-refractivity contribution is -0.138. The minimum atomic E-state index is -4.60. The van der Waals surface area contributed by atoms with E-state index in [0.717, 1.165) is 55.1 Å². The molecule has 1 fully saturated rings. The van der Waals surface area contributed by atoms with E-state index in [-0.39, 0.29) is 24.9 Å². The predicted molar refractivity (Wildman–Crippen MR) is 148 cm³/mol. The monoisotopic (exact) mass is 605 g/mol. The van der Waals surface area contributed by atoms with Gasteiger partial charge in [0, 0.05) is 47.4 Å². The number of carboxylic acids is 1. The highest BCUT2D eigenvalue weighted by atomic mass is 79.9. The minimum Gasteiger partial charge on any atom is -0.481 e. The number of anilines is 1. The van der Waals surface area contributed by atoms with Crippen LogP contribution in [0.3, 0.4) is 0 Å². The average molecular weight is 606 g/mol. The number of aromatic nitrogens is 1.